The van der Waals surface area contributed by atoms with Crippen LogP contribution in [-0.4, -0.2) is 4.98 Å². The van der Waals surface area contributed by atoms with Crippen molar-refractivity contribution in [3.8, 4) is 0 Å². The Morgan fingerprint density at radius 2 is 1.94 bits per heavy atom. The molecule has 90 valence electrons. The fourth-order valence-electron chi connectivity index (χ4n) is 1.14. The molecule has 1 heterocycles. The molecule has 2 nitrogen and oxygen atoms in total. The van der Waals surface area contributed by atoms with Gasteiger partial charge in [0.2, 0.25) is 0 Å². The van der Waals surface area contributed by atoms with E-state index in [9.17, 15) is 22.0 Å². The van der Waals surface area contributed by atoms with Crippen LogP contribution in [-0.2, 0) is 11.5 Å². The van der Waals surface area contributed by atoms with Crippen LogP contribution in [0.5, 0.6) is 0 Å². The van der Waals surface area contributed by atoms with Gasteiger partial charge in [0.05, 0.1) is 5.56 Å². The highest BCUT2D eigenvalue weighted by molar-refractivity contribution is 9.08. The molecule has 1 aromatic heterocycles. The lowest BCUT2D eigenvalue weighted by Crippen LogP contribution is -2.15. The zero-order valence-electron chi connectivity index (χ0n) is 7.65. The van der Waals surface area contributed by atoms with Crippen LogP contribution in [0.15, 0.2) is 6.20 Å². The Morgan fingerprint density at radius 1 is 1.38 bits per heavy atom. The van der Waals surface area contributed by atoms with Crippen LogP contribution >= 0.6 is 15.9 Å². The van der Waals surface area contributed by atoms with Crippen molar-refractivity contribution in [3.05, 3.63) is 23.0 Å². The lowest BCUT2D eigenvalue weighted by atomic mass is 10.1. The molecule has 0 bridgehead atoms. The molecule has 0 aliphatic rings. The summed E-state index contributed by atoms with van der Waals surface area (Å²) >= 11 is 2.92. The fourth-order valence-corrected chi connectivity index (χ4v) is 1.58. The molecule has 0 aliphatic carbocycles. The summed E-state index contributed by atoms with van der Waals surface area (Å²) < 4.78 is 62.1. The molecule has 0 aliphatic heterocycles. The van der Waals surface area contributed by atoms with Crippen LogP contribution in [0.4, 0.5) is 27.6 Å². The summed E-state index contributed by atoms with van der Waals surface area (Å²) in [5.74, 6) is 0. The van der Waals surface area contributed by atoms with Crippen LogP contribution in [0.25, 0.3) is 0 Å². The molecule has 8 heteroatoms. The standard InChI is InChI=1S/C8H6BrF5N2/c9-1-3-2-16-6(8(12,13)14)4(5(3)15)7(10)11/h2,7H,1H2,(H2,15,16). The Morgan fingerprint density at radius 3 is 2.31 bits per heavy atom. The van der Waals surface area contributed by atoms with E-state index in [1.165, 1.54) is 0 Å². The summed E-state index contributed by atoms with van der Waals surface area (Å²) in [6.07, 6.45) is -7.42. The third-order valence-corrected chi connectivity index (χ3v) is 2.48. The first-order chi connectivity index (χ1) is 7.29. The van der Waals surface area contributed by atoms with Crippen molar-refractivity contribution in [1.82, 2.24) is 4.98 Å². The molecule has 0 saturated carbocycles. The van der Waals surface area contributed by atoms with Crippen molar-refractivity contribution >= 4 is 21.6 Å². The predicted octanol–water partition coefficient (Wildman–Crippen LogP) is 3.52. The second-order valence-electron chi connectivity index (χ2n) is 2.89. The number of nitrogens with two attached hydrogens (primary N) is 1. The summed E-state index contributed by atoms with van der Waals surface area (Å²) in [6.45, 7) is 0. The van der Waals surface area contributed by atoms with Gasteiger partial charge in [-0.2, -0.15) is 13.2 Å². The molecular weight excluding hydrogens is 299 g/mol. The van der Waals surface area contributed by atoms with Gasteiger partial charge in [0, 0.05) is 22.8 Å². The minimum absolute atomic E-state index is 0.0592. The molecule has 0 aromatic carbocycles. The average Bonchev–Trinajstić information content (AvgIpc) is 2.15. The number of rotatable bonds is 2. The largest absolute Gasteiger partial charge is 0.433 e. The number of nitrogen functional groups attached to an aromatic ring is 1. The van der Waals surface area contributed by atoms with Gasteiger partial charge >= 0.3 is 6.18 Å². The third-order valence-electron chi connectivity index (χ3n) is 1.87. The molecular formula is C8H6BrF5N2. The number of aromatic nitrogens is 1. The van der Waals surface area contributed by atoms with E-state index in [0.29, 0.717) is 0 Å². The SMILES string of the molecule is Nc1c(CBr)cnc(C(F)(F)F)c1C(F)F. The van der Waals surface area contributed by atoms with E-state index in [1.54, 1.807) is 0 Å². The van der Waals surface area contributed by atoms with Gasteiger partial charge in [0.25, 0.3) is 6.43 Å². The quantitative estimate of drug-likeness (QED) is 0.671. The van der Waals surface area contributed by atoms with Gasteiger partial charge in [-0.15, -0.1) is 0 Å². The van der Waals surface area contributed by atoms with E-state index in [0.717, 1.165) is 6.20 Å². The lowest BCUT2D eigenvalue weighted by molar-refractivity contribution is -0.143. The summed E-state index contributed by atoms with van der Waals surface area (Å²) in [4.78, 5) is 2.99. The number of pyridine rings is 1. The van der Waals surface area contributed by atoms with Crippen LogP contribution in [0.3, 0.4) is 0 Å². The number of hydrogen-bond donors (Lipinski definition) is 1. The van der Waals surface area contributed by atoms with Gasteiger partial charge in [0.15, 0.2) is 5.69 Å². The minimum Gasteiger partial charge on any atom is -0.398 e. The van der Waals surface area contributed by atoms with Gasteiger partial charge < -0.3 is 5.73 Å². The van der Waals surface area contributed by atoms with Gasteiger partial charge in [-0.3, -0.25) is 4.98 Å². The summed E-state index contributed by atoms with van der Waals surface area (Å²) in [6, 6.07) is 0. The number of nitrogens with zero attached hydrogens (tertiary/aromatic N) is 1. The van der Waals surface area contributed by atoms with Crippen molar-refractivity contribution < 1.29 is 22.0 Å². The van der Waals surface area contributed by atoms with Crippen molar-refractivity contribution in [2.45, 2.75) is 17.9 Å². The summed E-state index contributed by atoms with van der Waals surface area (Å²) in [5, 5.41) is 0.0592. The average molecular weight is 305 g/mol. The second kappa shape index (κ2) is 4.52. The first-order valence-corrected chi connectivity index (χ1v) is 5.09. The third kappa shape index (κ3) is 2.42. The van der Waals surface area contributed by atoms with Crippen LogP contribution in [0.2, 0.25) is 0 Å². The Balaban J connectivity index is 3.47. The van der Waals surface area contributed by atoms with Crippen molar-refractivity contribution in [2.75, 3.05) is 5.73 Å². The number of hydrogen-bond acceptors (Lipinski definition) is 2. The number of alkyl halides is 6. The van der Waals surface area contributed by atoms with Crippen LogP contribution in [0, 0.1) is 0 Å². The molecule has 0 atom stereocenters. The molecule has 1 rings (SSSR count). The summed E-state index contributed by atoms with van der Waals surface area (Å²) in [7, 11) is 0. The van der Waals surface area contributed by atoms with E-state index in [-0.39, 0.29) is 10.9 Å². The van der Waals surface area contributed by atoms with Gasteiger partial charge in [-0.05, 0) is 0 Å². The smallest absolute Gasteiger partial charge is 0.398 e. The van der Waals surface area contributed by atoms with Crippen LogP contribution < -0.4 is 5.73 Å². The maximum absolute atomic E-state index is 12.5. The van der Waals surface area contributed by atoms with Crippen molar-refractivity contribution in [3.63, 3.8) is 0 Å². The molecule has 0 amide bonds. The number of anilines is 1. The topological polar surface area (TPSA) is 38.9 Å². The molecule has 1 aromatic rings. The molecule has 0 saturated heterocycles. The predicted molar refractivity (Wildman–Crippen MR) is 51.2 cm³/mol. The van der Waals surface area contributed by atoms with Crippen LogP contribution in [0.1, 0.15) is 23.2 Å². The first kappa shape index (κ1) is 13.1. The highest BCUT2D eigenvalue weighted by atomic mass is 79.9. The van der Waals surface area contributed by atoms with E-state index in [1.807, 2.05) is 0 Å². The fraction of sp³-hybridized carbons (Fsp3) is 0.375. The molecule has 0 unspecified atom stereocenters. The van der Waals surface area contributed by atoms with Gasteiger partial charge in [-0.25, -0.2) is 8.78 Å². The Bertz CT molecular complexity index is 391. The van der Waals surface area contributed by atoms with Gasteiger partial charge in [-0.1, -0.05) is 15.9 Å². The van der Waals surface area contributed by atoms with E-state index in [2.05, 4.69) is 20.9 Å². The Hall–Kier alpha value is -0.920. The second-order valence-corrected chi connectivity index (χ2v) is 3.45. The molecule has 0 spiro atoms. The zero-order valence-corrected chi connectivity index (χ0v) is 9.24. The highest BCUT2D eigenvalue weighted by Crippen LogP contribution is 2.39. The molecule has 16 heavy (non-hydrogen) atoms. The maximum Gasteiger partial charge on any atom is 0.433 e. The van der Waals surface area contributed by atoms with Crippen molar-refractivity contribution in [1.29, 1.82) is 0 Å². The monoisotopic (exact) mass is 304 g/mol. The molecule has 0 fully saturated rings. The highest BCUT2D eigenvalue weighted by Gasteiger charge is 2.39. The van der Waals surface area contributed by atoms with E-state index in [4.69, 9.17) is 5.73 Å². The zero-order chi connectivity index (χ0) is 12.5. The normalized spacial score (nSPS) is 12.2. The first-order valence-electron chi connectivity index (χ1n) is 3.97. The number of halogens is 6. The molecule has 2 N–H and O–H groups in total. The lowest BCUT2D eigenvalue weighted by Gasteiger charge is -2.15. The maximum atomic E-state index is 12.5. The van der Waals surface area contributed by atoms with E-state index >= 15 is 0 Å². The van der Waals surface area contributed by atoms with E-state index < -0.39 is 29.5 Å². The minimum atomic E-state index is -4.94. The summed E-state index contributed by atoms with van der Waals surface area (Å²) in [5.41, 5.74) is 1.87. The van der Waals surface area contributed by atoms with Gasteiger partial charge in [0.1, 0.15) is 0 Å². The Labute approximate surface area is 95.8 Å². The van der Waals surface area contributed by atoms with Crippen molar-refractivity contribution in [2.24, 2.45) is 0 Å². The Kier molecular flexibility index (Phi) is 3.72. The molecule has 0 radical (unpaired) electrons.